The molecular weight excluding hydrogens is 291 g/mol. The van der Waals surface area contributed by atoms with Crippen LogP contribution in [0.4, 0.5) is 10.1 Å². The van der Waals surface area contributed by atoms with Gasteiger partial charge in [0.2, 0.25) is 0 Å². The number of aliphatic hydroxyl groups excluding tert-OH is 1. The lowest BCUT2D eigenvalue weighted by atomic mass is 10.2. The molecule has 2 rings (SSSR count). The second kappa shape index (κ2) is 6.41. The minimum Gasteiger partial charge on any atom is -0.397 e. The fourth-order valence-electron chi connectivity index (χ4n) is 2.21. The van der Waals surface area contributed by atoms with Crippen molar-refractivity contribution in [3.8, 4) is 0 Å². The second-order valence-corrected chi connectivity index (χ2v) is 6.21. The minimum absolute atomic E-state index is 0.00500. The Morgan fingerprint density at radius 3 is 2.81 bits per heavy atom. The minimum atomic E-state index is -0.369. The van der Waals surface area contributed by atoms with Crippen molar-refractivity contribution in [3.05, 3.63) is 28.9 Å². The van der Waals surface area contributed by atoms with Gasteiger partial charge in [-0.15, -0.1) is 11.3 Å². The zero-order valence-corrected chi connectivity index (χ0v) is 12.9. The summed E-state index contributed by atoms with van der Waals surface area (Å²) in [5, 5.41) is 9.53. The van der Waals surface area contributed by atoms with E-state index in [1.807, 2.05) is 13.8 Å². The maximum absolute atomic E-state index is 13.3. The Kier molecular flexibility index (Phi) is 4.80. The van der Waals surface area contributed by atoms with E-state index in [1.165, 1.54) is 23.5 Å². The maximum Gasteiger partial charge on any atom is 0.266 e. The fraction of sp³-hybridized carbons (Fsp3) is 0.400. The number of hydrogen-bond acceptors (Lipinski definition) is 4. The van der Waals surface area contributed by atoms with Gasteiger partial charge in [0.1, 0.15) is 10.7 Å². The van der Waals surface area contributed by atoms with Gasteiger partial charge < -0.3 is 15.7 Å². The molecule has 1 aromatic heterocycles. The number of fused-ring (bicyclic) bond motifs is 1. The van der Waals surface area contributed by atoms with Crippen LogP contribution in [0.15, 0.2) is 18.2 Å². The van der Waals surface area contributed by atoms with Crippen molar-refractivity contribution in [2.24, 2.45) is 0 Å². The summed E-state index contributed by atoms with van der Waals surface area (Å²) in [6.07, 6.45) is 0.517. The summed E-state index contributed by atoms with van der Waals surface area (Å²) in [6.45, 7) is 4.33. The molecule has 0 saturated carbocycles. The van der Waals surface area contributed by atoms with Gasteiger partial charge in [-0.25, -0.2) is 4.39 Å². The Morgan fingerprint density at radius 1 is 1.48 bits per heavy atom. The first kappa shape index (κ1) is 15.7. The summed E-state index contributed by atoms with van der Waals surface area (Å²) < 4.78 is 14.1. The molecule has 6 heteroatoms. The number of rotatable bonds is 5. The molecule has 0 saturated heterocycles. The average molecular weight is 310 g/mol. The number of thiophene rings is 1. The van der Waals surface area contributed by atoms with Gasteiger partial charge in [-0.1, -0.05) is 0 Å². The van der Waals surface area contributed by atoms with E-state index in [9.17, 15) is 9.18 Å². The van der Waals surface area contributed by atoms with Crippen LogP contribution in [0.2, 0.25) is 0 Å². The molecule has 2 aromatic rings. The molecule has 0 atom stereocenters. The summed E-state index contributed by atoms with van der Waals surface area (Å²) in [5.74, 6) is -0.537. The van der Waals surface area contributed by atoms with Gasteiger partial charge in [-0.2, -0.15) is 0 Å². The van der Waals surface area contributed by atoms with E-state index in [1.54, 1.807) is 11.0 Å². The molecule has 1 amide bonds. The molecule has 3 N–H and O–H groups in total. The first-order valence-corrected chi connectivity index (χ1v) is 7.66. The van der Waals surface area contributed by atoms with E-state index in [4.69, 9.17) is 10.8 Å². The zero-order chi connectivity index (χ0) is 15.6. The first-order chi connectivity index (χ1) is 9.95. The van der Waals surface area contributed by atoms with Crippen molar-refractivity contribution >= 4 is 33.0 Å². The number of halogens is 1. The molecule has 0 spiro atoms. The summed E-state index contributed by atoms with van der Waals surface area (Å²) >= 11 is 1.27. The number of aliphatic hydroxyl groups is 1. The van der Waals surface area contributed by atoms with E-state index in [2.05, 4.69) is 0 Å². The van der Waals surface area contributed by atoms with Crippen molar-refractivity contribution in [1.82, 2.24) is 4.90 Å². The molecule has 114 valence electrons. The van der Waals surface area contributed by atoms with Gasteiger partial charge in [-0.05, 0) is 38.5 Å². The molecule has 0 unspecified atom stereocenters. The predicted molar refractivity (Wildman–Crippen MR) is 84.1 cm³/mol. The van der Waals surface area contributed by atoms with Gasteiger partial charge in [0.05, 0.1) is 5.69 Å². The highest BCUT2D eigenvalue weighted by atomic mass is 32.1. The van der Waals surface area contributed by atoms with E-state index in [0.29, 0.717) is 28.9 Å². The highest BCUT2D eigenvalue weighted by Crippen LogP contribution is 2.35. The van der Waals surface area contributed by atoms with E-state index in [0.717, 1.165) is 4.70 Å². The molecule has 0 aliphatic carbocycles. The third-order valence-electron chi connectivity index (χ3n) is 3.32. The molecule has 0 radical (unpaired) electrons. The third-order valence-corrected chi connectivity index (χ3v) is 4.50. The number of hydrogen-bond donors (Lipinski definition) is 2. The number of carbonyl (C=O) groups is 1. The molecule has 21 heavy (non-hydrogen) atoms. The molecule has 0 bridgehead atoms. The summed E-state index contributed by atoms with van der Waals surface area (Å²) in [7, 11) is 0. The lowest BCUT2D eigenvalue weighted by Crippen LogP contribution is -2.37. The van der Waals surface area contributed by atoms with Crippen molar-refractivity contribution in [2.75, 3.05) is 18.9 Å². The Balaban J connectivity index is 2.39. The quantitative estimate of drug-likeness (QED) is 0.892. The van der Waals surface area contributed by atoms with Crippen molar-refractivity contribution in [3.63, 3.8) is 0 Å². The maximum atomic E-state index is 13.3. The normalized spacial score (nSPS) is 11.3. The van der Waals surface area contributed by atoms with Crippen LogP contribution in [0.25, 0.3) is 10.1 Å². The van der Waals surface area contributed by atoms with Gasteiger partial charge in [0.15, 0.2) is 0 Å². The highest BCUT2D eigenvalue weighted by Gasteiger charge is 2.23. The van der Waals surface area contributed by atoms with Crippen LogP contribution in [0.5, 0.6) is 0 Å². The average Bonchev–Trinajstić information content (AvgIpc) is 2.76. The summed E-state index contributed by atoms with van der Waals surface area (Å²) in [4.78, 5) is 14.8. The number of nitrogens with zero attached hydrogens (tertiary/aromatic N) is 1. The van der Waals surface area contributed by atoms with Crippen molar-refractivity contribution in [1.29, 1.82) is 0 Å². The molecule has 0 fully saturated rings. The number of nitrogens with two attached hydrogens (primary N) is 1. The number of nitrogen functional groups attached to an aromatic ring is 1. The standard InChI is InChI=1S/C15H19FN2O2S/c1-9(2)18(6-3-7-19)15(20)14-13(17)11-8-10(16)4-5-12(11)21-14/h4-5,8-9,19H,3,6-7,17H2,1-2H3. The number of amides is 1. The highest BCUT2D eigenvalue weighted by molar-refractivity contribution is 7.21. The second-order valence-electron chi connectivity index (χ2n) is 5.15. The smallest absolute Gasteiger partial charge is 0.266 e. The van der Waals surface area contributed by atoms with Crippen molar-refractivity contribution < 1.29 is 14.3 Å². The summed E-state index contributed by atoms with van der Waals surface area (Å²) in [5.41, 5.74) is 6.35. The number of benzene rings is 1. The van der Waals surface area contributed by atoms with Gasteiger partial charge in [-0.3, -0.25) is 4.79 Å². The largest absolute Gasteiger partial charge is 0.397 e. The molecule has 0 aliphatic heterocycles. The first-order valence-electron chi connectivity index (χ1n) is 6.85. The Morgan fingerprint density at radius 2 is 2.19 bits per heavy atom. The predicted octanol–water partition coefficient (Wildman–Crippen LogP) is 2.86. The molecule has 4 nitrogen and oxygen atoms in total. The van der Waals surface area contributed by atoms with Gasteiger partial charge in [0.25, 0.3) is 5.91 Å². The topological polar surface area (TPSA) is 66.6 Å². The Bertz CT molecular complexity index is 654. The van der Waals surface area contributed by atoms with Crippen LogP contribution in [0, 0.1) is 5.82 Å². The number of carbonyl (C=O) groups excluding carboxylic acids is 1. The summed E-state index contributed by atoms with van der Waals surface area (Å²) in [6, 6.07) is 4.35. The van der Waals surface area contributed by atoms with Crippen molar-refractivity contribution in [2.45, 2.75) is 26.3 Å². The lowest BCUT2D eigenvalue weighted by Gasteiger charge is -2.26. The molecule has 0 aliphatic rings. The van der Waals surface area contributed by atoms with Gasteiger partial charge >= 0.3 is 0 Å². The van der Waals surface area contributed by atoms with Crippen LogP contribution in [-0.4, -0.2) is 35.1 Å². The van der Waals surface area contributed by atoms with E-state index < -0.39 is 0 Å². The van der Waals surface area contributed by atoms with Crippen LogP contribution in [0.3, 0.4) is 0 Å². The third kappa shape index (κ3) is 3.16. The molecule has 1 heterocycles. The van der Waals surface area contributed by atoms with E-state index in [-0.39, 0.29) is 24.4 Å². The SMILES string of the molecule is CC(C)N(CCCO)C(=O)c1sc2ccc(F)cc2c1N. The number of anilines is 1. The lowest BCUT2D eigenvalue weighted by molar-refractivity contribution is 0.0699. The van der Waals surface area contributed by atoms with E-state index >= 15 is 0 Å². The molecular formula is C15H19FN2O2S. The zero-order valence-electron chi connectivity index (χ0n) is 12.1. The Labute approximate surface area is 127 Å². The van der Waals surface area contributed by atoms with Crippen LogP contribution >= 0.6 is 11.3 Å². The van der Waals surface area contributed by atoms with Crippen LogP contribution < -0.4 is 5.73 Å². The Hall–Kier alpha value is -1.66. The van der Waals surface area contributed by atoms with Crippen LogP contribution in [-0.2, 0) is 0 Å². The monoisotopic (exact) mass is 310 g/mol. The molecule has 1 aromatic carbocycles. The fourth-order valence-corrected chi connectivity index (χ4v) is 3.27. The van der Waals surface area contributed by atoms with Gasteiger partial charge in [0, 0.05) is 29.3 Å². The van der Waals surface area contributed by atoms with Crippen LogP contribution in [0.1, 0.15) is 29.9 Å².